The molecule has 1 fully saturated rings. The first kappa shape index (κ1) is 13.7. The summed E-state index contributed by atoms with van der Waals surface area (Å²) in [4.78, 5) is 0. The summed E-state index contributed by atoms with van der Waals surface area (Å²) < 4.78 is 5.52. The van der Waals surface area contributed by atoms with Crippen LogP contribution >= 0.6 is 11.6 Å². The fraction of sp³-hybridized carbons (Fsp3) is 0.600. The van der Waals surface area contributed by atoms with Gasteiger partial charge >= 0.3 is 0 Å². The lowest BCUT2D eigenvalue weighted by Gasteiger charge is -2.25. The maximum absolute atomic E-state index is 6.35. The predicted octanol–water partition coefficient (Wildman–Crippen LogP) is 3.65. The summed E-state index contributed by atoms with van der Waals surface area (Å²) in [5, 5.41) is 4.46. The quantitative estimate of drug-likeness (QED) is 0.903. The average molecular weight is 268 g/mol. The Bertz CT molecular complexity index is 425. The zero-order chi connectivity index (χ0) is 13.1. The molecule has 1 saturated heterocycles. The highest BCUT2D eigenvalue weighted by molar-refractivity contribution is 6.32. The highest BCUT2D eigenvalue weighted by Crippen LogP contribution is 2.33. The molecule has 1 unspecified atom stereocenters. The van der Waals surface area contributed by atoms with E-state index >= 15 is 0 Å². The van der Waals surface area contributed by atoms with Crippen molar-refractivity contribution in [3.05, 3.63) is 27.8 Å². The van der Waals surface area contributed by atoms with Crippen LogP contribution in [0.4, 0.5) is 0 Å². The molecular weight excluding hydrogens is 246 g/mol. The van der Waals surface area contributed by atoms with Crippen molar-refractivity contribution in [1.82, 2.24) is 5.32 Å². The van der Waals surface area contributed by atoms with Gasteiger partial charge in [0.1, 0.15) is 5.75 Å². The number of rotatable bonds is 3. The lowest BCUT2D eigenvalue weighted by atomic mass is 9.93. The molecule has 0 aliphatic carbocycles. The van der Waals surface area contributed by atoms with Gasteiger partial charge in [-0.1, -0.05) is 18.0 Å². The van der Waals surface area contributed by atoms with E-state index in [0.29, 0.717) is 6.04 Å². The van der Waals surface area contributed by atoms with Gasteiger partial charge in [0.05, 0.1) is 7.11 Å². The van der Waals surface area contributed by atoms with E-state index in [1.165, 1.54) is 30.4 Å². The molecular formula is C15H22ClNO. The first-order valence-electron chi connectivity index (χ1n) is 6.69. The third-order valence-corrected chi connectivity index (χ3v) is 4.44. The second kappa shape index (κ2) is 5.94. The van der Waals surface area contributed by atoms with Gasteiger partial charge in [0.25, 0.3) is 0 Å². The molecule has 2 nitrogen and oxygen atoms in total. The van der Waals surface area contributed by atoms with Crippen LogP contribution in [0.3, 0.4) is 0 Å². The molecule has 1 aromatic carbocycles. The number of methoxy groups -OCH3 is 1. The molecule has 0 amide bonds. The van der Waals surface area contributed by atoms with Crippen molar-refractivity contribution < 1.29 is 4.74 Å². The summed E-state index contributed by atoms with van der Waals surface area (Å²) in [6.07, 6.45) is 4.86. The first-order chi connectivity index (χ1) is 8.63. The molecule has 0 saturated carbocycles. The molecule has 1 aliphatic heterocycles. The predicted molar refractivity (Wildman–Crippen MR) is 76.8 cm³/mol. The van der Waals surface area contributed by atoms with Crippen molar-refractivity contribution in [2.45, 2.75) is 45.6 Å². The number of benzene rings is 1. The van der Waals surface area contributed by atoms with Crippen LogP contribution in [0.25, 0.3) is 0 Å². The second-order valence-electron chi connectivity index (χ2n) is 5.16. The van der Waals surface area contributed by atoms with Crippen molar-refractivity contribution in [2.24, 2.45) is 0 Å². The zero-order valence-corrected chi connectivity index (χ0v) is 12.2. The van der Waals surface area contributed by atoms with Crippen LogP contribution in [0.2, 0.25) is 5.02 Å². The summed E-state index contributed by atoms with van der Waals surface area (Å²) in [7, 11) is 1.74. The van der Waals surface area contributed by atoms with Crippen molar-refractivity contribution in [2.75, 3.05) is 13.7 Å². The Kier molecular flexibility index (Phi) is 4.52. The Morgan fingerprint density at radius 3 is 2.78 bits per heavy atom. The summed E-state index contributed by atoms with van der Waals surface area (Å²) in [5.74, 6) is 0.974. The van der Waals surface area contributed by atoms with Crippen molar-refractivity contribution in [1.29, 1.82) is 0 Å². The molecule has 1 atom stereocenters. The molecule has 1 aromatic rings. The molecule has 0 radical (unpaired) electrons. The van der Waals surface area contributed by atoms with Crippen molar-refractivity contribution >= 4 is 11.6 Å². The van der Waals surface area contributed by atoms with E-state index in [0.717, 1.165) is 29.3 Å². The Balaban J connectivity index is 2.27. The third kappa shape index (κ3) is 2.81. The normalized spacial score (nSPS) is 19.9. The number of ether oxygens (including phenoxy) is 1. The summed E-state index contributed by atoms with van der Waals surface area (Å²) in [6, 6.07) is 2.61. The molecule has 0 spiro atoms. The highest BCUT2D eigenvalue weighted by atomic mass is 35.5. The van der Waals surface area contributed by atoms with E-state index in [1.54, 1.807) is 7.11 Å². The lowest BCUT2D eigenvalue weighted by molar-refractivity contribution is 0.381. The average Bonchev–Trinajstić information content (AvgIpc) is 2.40. The Hall–Kier alpha value is -0.730. The molecule has 3 heteroatoms. The highest BCUT2D eigenvalue weighted by Gasteiger charge is 2.19. The van der Waals surface area contributed by atoms with E-state index < -0.39 is 0 Å². The maximum Gasteiger partial charge on any atom is 0.122 e. The van der Waals surface area contributed by atoms with Gasteiger partial charge in [-0.05, 0) is 56.8 Å². The Morgan fingerprint density at radius 2 is 2.17 bits per heavy atom. The topological polar surface area (TPSA) is 21.3 Å². The van der Waals surface area contributed by atoms with Gasteiger partial charge in [-0.3, -0.25) is 0 Å². The summed E-state index contributed by atoms with van der Waals surface area (Å²) in [5.41, 5.74) is 3.51. The van der Waals surface area contributed by atoms with Gasteiger partial charge in [0, 0.05) is 16.6 Å². The van der Waals surface area contributed by atoms with Crippen molar-refractivity contribution in [3.63, 3.8) is 0 Å². The third-order valence-electron chi connectivity index (χ3n) is 3.86. The number of nitrogens with one attached hydrogen (secondary N) is 1. The molecule has 0 bridgehead atoms. The van der Waals surface area contributed by atoms with E-state index in [2.05, 4.69) is 12.2 Å². The minimum Gasteiger partial charge on any atom is -0.496 e. The smallest absolute Gasteiger partial charge is 0.122 e. The van der Waals surface area contributed by atoms with E-state index in [1.807, 2.05) is 13.0 Å². The van der Waals surface area contributed by atoms with E-state index in [-0.39, 0.29) is 0 Å². The van der Waals surface area contributed by atoms with Gasteiger partial charge in [-0.2, -0.15) is 0 Å². The first-order valence-corrected chi connectivity index (χ1v) is 7.07. The van der Waals surface area contributed by atoms with Gasteiger partial charge in [-0.25, -0.2) is 0 Å². The monoisotopic (exact) mass is 267 g/mol. The van der Waals surface area contributed by atoms with E-state index in [4.69, 9.17) is 16.3 Å². The zero-order valence-electron chi connectivity index (χ0n) is 11.5. The number of halogens is 1. The fourth-order valence-electron chi connectivity index (χ4n) is 2.74. The second-order valence-corrected chi connectivity index (χ2v) is 5.54. The van der Waals surface area contributed by atoms with Crippen molar-refractivity contribution in [3.8, 4) is 5.75 Å². The maximum atomic E-state index is 6.35. The van der Waals surface area contributed by atoms with Crippen LogP contribution in [-0.2, 0) is 6.42 Å². The molecule has 1 aliphatic rings. The molecule has 100 valence electrons. The standard InChI is InChI=1S/C15H22ClNO/c1-10-8-14(18-3)13(11(2)15(10)16)9-12-6-4-5-7-17-12/h8,12,17H,4-7,9H2,1-3H3. The molecule has 2 rings (SSSR count). The Labute approximate surface area is 115 Å². The van der Waals surface area contributed by atoms with Crippen LogP contribution in [0, 0.1) is 13.8 Å². The number of hydrogen-bond donors (Lipinski definition) is 1. The molecule has 1 N–H and O–H groups in total. The number of hydrogen-bond acceptors (Lipinski definition) is 2. The van der Waals surface area contributed by atoms with E-state index in [9.17, 15) is 0 Å². The molecule has 18 heavy (non-hydrogen) atoms. The van der Waals surface area contributed by atoms with Gasteiger partial charge in [0.15, 0.2) is 0 Å². The SMILES string of the molecule is COc1cc(C)c(Cl)c(C)c1CC1CCCCN1. The van der Waals surface area contributed by atoms with Crippen LogP contribution in [-0.4, -0.2) is 19.7 Å². The fourth-order valence-corrected chi connectivity index (χ4v) is 2.91. The summed E-state index contributed by atoms with van der Waals surface area (Å²) >= 11 is 6.35. The van der Waals surface area contributed by atoms with Crippen LogP contribution in [0.15, 0.2) is 6.07 Å². The van der Waals surface area contributed by atoms with Gasteiger partial charge in [-0.15, -0.1) is 0 Å². The molecule has 0 aromatic heterocycles. The van der Waals surface area contributed by atoms with Crippen LogP contribution in [0.5, 0.6) is 5.75 Å². The van der Waals surface area contributed by atoms with Crippen LogP contribution < -0.4 is 10.1 Å². The largest absolute Gasteiger partial charge is 0.496 e. The minimum atomic E-state index is 0.560. The lowest BCUT2D eigenvalue weighted by Crippen LogP contribution is -2.35. The molecule has 1 heterocycles. The minimum absolute atomic E-state index is 0.560. The van der Waals surface area contributed by atoms with Crippen LogP contribution in [0.1, 0.15) is 36.0 Å². The van der Waals surface area contributed by atoms with Gasteiger partial charge < -0.3 is 10.1 Å². The Morgan fingerprint density at radius 1 is 1.39 bits per heavy atom. The number of piperidine rings is 1. The van der Waals surface area contributed by atoms with Gasteiger partial charge in [0.2, 0.25) is 0 Å². The number of aryl methyl sites for hydroxylation is 1. The summed E-state index contributed by atoms with van der Waals surface area (Å²) in [6.45, 7) is 5.25.